The van der Waals surface area contributed by atoms with E-state index in [4.69, 9.17) is 0 Å². The first kappa shape index (κ1) is 12.5. The van der Waals surface area contributed by atoms with Crippen LogP contribution in [0.15, 0.2) is 43.2 Å². The number of anilines is 2. The van der Waals surface area contributed by atoms with Crippen molar-refractivity contribution >= 4 is 17.2 Å². The van der Waals surface area contributed by atoms with E-state index in [1.807, 2.05) is 19.1 Å². The van der Waals surface area contributed by atoms with E-state index in [0.29, 0.717) is 11.5 Å². The van der Waals surface area contributed by atoms with Gasteiger partial charge in [0.05, 0.1) is 30.0 Å². The third-order valence-electron chi connectivity index (χ3n) is 3.27. The minimum Gasteiger partial charge on any atom is -0.336 e. The zero-order chi connectivity index (χ0) is 14.9. The number of pyridine rings is 1. The van der Waals surface area contributed by atoms with Crippen LogP contribution < -0.4 is 5.32 Å². The summed E-state index contributed by atoms with van der Waals surface area (Å²) >= 11 is 0. The largest absolute Gasteiger partial charge is 0.336 e. The Bertz CT molecular complexity index is 908. The molecule has 0 bridgehead atoms. The Kier molecular flexibility index (Phi) is 2.78. The lowest BCUT2D eigenvalue weighted by molar-refractivity contribution is 0.957. The second kappa shape index (κ2) is 4.92. The first-order valence-corrected chi connectivity index (χ1v) is 6.69. The van der Waals surface area contributed by atoms with Gasteiger partial charge in [0.1, 0.15) is 6.33 Å². The molecule has 4 aromatic heterocycles. The summed E-state index contributed by atoms with van der Waals surface area (Å²) < 4.78 is 1.72. The number of hydrogen-bond donors (Lipinski definition) is 2. The molecule has 4 aromatic rings. The molecule has 0 aliphatic rings. The molecule has 2 N–H and O–H groups in total. The standard InChI is InChI=1S/C14H12N8/c1-9-2-3-11(6-15-9)21-13-14-17-8-20-22(14)12(7-16-13)10-4-18-19-5-10/h2-8H,1H3,(H,16,21)(H,18,19). The molecule has 0 saturated carbocycles. The number of H-pyrrole nitrogens is 1. The third kappa shape index (κ3) is 2.06. The summed E-state index contributed by atoms with van der Waals surface area (Å²) in [6.07, 6.45) is 8.49. The van der Waals surface area contributed by atoms with Gasteiger partial charge in [0.2, 0.25) is 0 Å². The van der Waals surface area contributed by atoms with E-state index in [9.17, 15) is 0 Å². The van der Waals surface area contributed by atoms with Crippen LogP contribution in [0.5, 0.6) is 0 Å². The van der Waals surface area contributed by atoms with Gasteiger partial charge in [-0.2, -0.15) is 10.2 Å². The number of fused-ring (bicyclic) bond motifs is 1. The minimum atomic E-state index is 0.621. The first-order chi connectivity index (χ1) is 10.8. The number of aromatic amines is 1. The second-order valence-corrected chi connectivity index (χ2v) is 4.79. The van der Waals surface area contributed by atoms with Gasteiger partial charge in [-0.15, -0.1) is 0 Å². The van der Waals surface area contributed by atoms with E-state index in [2.05, 4.69) is 35.6 Å². The summed E-state index contributed by atoms with van der Waals surface area (Å²) in [4.78, 5) is 13.0. The molecule has 0 atom stereocenters. The molecule has 0 aromatic carbocycles. The van der Waals surface area contributed by atoms with Crippen LogP contribution in [0.25, 0.3) is 16.9 Å². The quantitative estimate of drug-likeness (QED) is 0.599. The van der Waals surface area contributed by atoms with Crippen molar-refractivity contribution in [2.75, 3.05) is 5.32 Å². The summed E-state index contributed by atoms with van der Waals surface area (Å²) in [5.41, 5.74) is 4.15. The van der Waals surface area contributed by atoms with Crippen LogP contribution in [0.4, 0.5) is 11.5 Å². The number of hydrogen-bond acceptors (Lipinski definition) is 6. The molecule has 22 heavy (non-hydrogen) atoms. The first-order valence-electron chi connectivity index (χ1n) is 6.69. The average Bonchev–Trinajstić information content (AvgIpc) is 3.20. The fraction of sp³-hybridized carbons (Fsp3) is 0.0714. The number of nitrogens with zero attached hydrogens (tertiary/aromatic N) is 6. The van der Waals surface area contributed by atoms with E-state index in [1.165, 1.54) is 6.33 Å². The van der Waals surface area contributed by atoms with E-state index >= 15 is 0 Å². The summed E-state index contributed by atoms with van der Waals surface area (Å²) in [5, 5.41) is 14.2. The van der Waals surface area contributed by atoms with Gasteiger partial charge in [-0.3, -0.25) is 10.1 Å². The van der Waals surface area contributed by atoms with Gasteiger partial charge in [-0.05, 0) is 19.1 Å². The average molecular weight is 292 g/mol. The van der Waals surface area contributed by atoms with Crippen LogP contribution in [0.1, 0.15) is 5.69 Å². The van der Waals surface area contributed by atoms with Crippen LogP contribution in [0.2, 0.25) is 0 Å². The third-order valence-corrected chi connectivity index (χ3v) is 3.27. The number of aryl methyl sites for hydroxylation is 1. The molecule has 8 nitrogen and oxygen atoms in total. The van der Waals surface area contributed by atoms with Gasteiger partial charge in [-0.1, -0.05) is 0 Å². The van der Waals surface area contributed by atoms with Crippen molar-refractivity contribution in [2.24, 2.45) is 0 Å². The van der Waals surface area contributed by atoms with Crippen LogP contribution in [-0.2, 0) is 0 Å². The van der Waals surface area contributed by atoms with Crippen LogP contribution in [-0.4, -0.2) is 34.8 Å². The Balaban J connectivity index is 1.78. The maximum atomic E-state index is 4.45. The highest BCUT2D eigenvalue weighted by Crippen LogP contribution is 2.23. The Hall–Kier alpha value is -3.29. The zero-order valence-electron chi connectivity index (χ0n) is 11.7. The fourth-order valence-corrected chi connectivity index (χ4v) is 2.17. The summed E-state index contributed by atoms with van der Waals surface area (Å²) in [7, 11) is 0. The van der Waals surface area contributed by atoms with Crippen LogP contribution >= 0.6 is 0 Å². The normalized spacial score (nSPS) is 11.0. The summed E-state index contributed by atoms with van der Waals surface area (Å²) in [5.74, 6) is 0.621. The SMILES string of the molecule is Cc1ccc(Nc2ncc(-c3cn[nH]c3)n3ncnc23)cn1. The molecular weight excluding hydrogens is 280 g/mol. The van der Waals surface area contributed by atoms with E-state index in [1.54, 1.807) is 29.3 Å². The monoisotopic (exact) mass is 292 g/mol. The van der Waals surface area contributed by atoms with Gasteiger partial charge < -0.3 is 5.32 Å². The van der Waals surface area contributed by atoms with E-state index in [-0.39, 0.29) is 0 Å². The second-order valence-electron chi connectivity index (χ2n) is 4.79. The molecule has 4 rings (SSSR count). The van der Waals surface area contributed by atoms with Gasteiger partial charge in [0.15, 0.2) is 11.5 Å². The Morgan fingerprint density at radius 1 is 1.09 bits per heavy atom. The molecule has 0 fully saturated rings. The lowest BCUT2D eigenvalue weighted by atomic mass is 10.3. The highest BCUT2D eigenvalue weighted by molar-refractivity contribution is 5.72. The van der Waals surface area contributed by atoms with Crippen molar-refractivity contribution in [1.82, 2.24) is 34.8 Å². The van der Waals surface area contributed by atoms with Crippen molar-refractivity contribution in [2.45, 2.75) is 6.92 Å². The molecule has 0 aliphatic carbocycles. The van der Waals surface area contributed by atoms with Gasteiger partial charge in [-0.25, -0.2) is 14.5 Å². The Morgan fingerprint density at radius 2 is 2.05 bits per heavy atom. The Morgan fingerprint density at radius 3 is 2.82 bits per heavy atom. The summed E-state index contributed by atoms with van der Waals surface area (Å²) in [6, 6.07) is 3.88. The van der Waals surface area contributed by atoms with Crippen molar-refractivity contribution in [1.29, 1.82) is 0 Å². The predicted octanol–water partition coefficient (Wildman–Crippen LogP) is 1.96. The van der Waals surface area contributed by atoms with E-state index in [0.717, 1.165) is 22.6 Å². The highest BCUT2D eigenvalue weighted by atomic mass is 15.3. The maximum Gasteiger partial charge on any atom is 0.199 e. The number of aromatic nitrogens is 7. The molecule has 0 saturated heterocycles. The van der Waals surface area contributed by atoms with Gasteiger partial charge >= 0.3 is 0 Å². The van der Waals surface area contributed by atoms with Crippen LogP contribution in [0.3, 0.4) is 0 Å². The van der Waals surface area contributed by atoms with E-state index < -0.39 is 0 Å². The van der Waals surface area contributed by atoms with Crippen molar-refractivity contribution in [3.8, 4) is 11.3 Å². The molecule has 0 unspecified atom stereocenters. The smallest absolute Gasteiger partial charge is 0.199 e. The van der Waals surface area contributed by atoms with Crippen molar-refractivity contribution < 1.29 is 0 Å². The van der Waals surface area contributed by atoms with Gasteiger partial charge in [0.25, 0.3) is 0 Å². The maximum absolute atomic E-state index is 4.45. The predicted molar refractivity (Wildman–Crippen MR) is 80.6 cm³/mol. The van der Waals surface area contributed by atoms with Gasteiger partial charge in [0, 0.05) is 17.5 Å². The molecule has 108 valence electrons. The molecule has 4 heterocycles. The van der Waals surface area contributed by atoms with Crippen LogP contribution in [0, 0.1) is 6.92 Å². The molecular formula is C14H12N8. The topological polar surface area (TPSA) is 96.7 Å². The molecule has 0 radical (unpaired) electrons. The number of nitrogens with one attached hydrogen (secondary N) is 2. The lowest BCUT2D eigenvalue weighted by Gasteiger charge is -2.08. The molecule has 0 amide bonds. The zero-order valence-corrected chi connectivity index (χ0v) is 11.7. The van der Waals surface area contributed by atoms with Crippen molar-refractivity contribution in [3.63, 3.8) is 0 Å². The minimum absolute atomic E-state index is 0.621. The fourth-order valence-electron chi connectivity index (χ4n) is 2.17. The highest BCUT2D eigenvalue weighted by Gasteiger charge is 2.12. The number of rotatable bonds is 3. The lowest BCUT2D eigenvalue weighted by Crippen LogP contribution is -2.02. The summed E-state index contributed by atoms with van der Waals surface area (Å²) in [6.45, 7) is 1.94. The van der Waals surface area contributed by atoms with Crippen molar-refractivity contribution in [3.05, 3.63) is 48.9 Å². The molecule has 0 aliphatic heterocycles. The molecule has 0 spiro atoms. The Labute approximate surface area is 125 Å². The molecule has 8 heteroatoms.